The Morgan fingerprint density at radius 1 is 1.13 bits per heavy atom. The van der Waals surface area contributed by atoms with Gasteiger partial charge in [-0.2, -0.15) is 0 Å². The van der Waals surface area contributed by atoms with Crippen LogP contribution in [0, 0.1) is 0 Å². The summed E-state index contributed by atoms with van der Waals surface area (Å²) in [5.41, 5.74) is 2.70. The highest BCUT2D eigenvalue weighted by atomic mass is 32.2. The fourth-order valence-electron chi connectivity index (χ4n) is 3.35. The van der Waals surface area contributed by atoms with Crippen LogP contribution in [0.25, 0.3) is 16.7 Å². The summed E-state index contributed by atoms with van der Waals surface area (Å²) in [5.74, 6) is 1.25. The van der Waals surface area contributed by atoms with E-state index in [4.69, 9.17) is 0 Å². The first kappa shape index (κ1) is 18.7. The Morgan fingerprint density at radius 2 is 1.90 bits per heavy atom. The van der Waals surface area contributed by atoms with Gasteiger partial charge in [-0.05, 0) is 50.1 Å². The highest BCUT2D eigenvalue weighted by molar-refractivity contribution is 8.00. The molecule has 2 aromatic heterocycles. The van der Waals surface area contributed by atoms with Gasteiger partial charge in [-0.1, -0.05) is 30.0 Å². The summed E-state index contributed by atoms with van der Waals surface area (Å²) in [4.78, 5) is 29.6. The van der Waals surface area contributed by atoms with Crippen LogP contribution in [-0.4, -0.2) is 35.9 Å². The molecule has 5 rings (SSSR count). The second-order valence-electron chi connectivity index (χ2n) is 7.37. The maximum atomic E-state index is 12.8. The highest BCUT2D eigenvalue weighted by Gasteiger charge is 2.31. The van der Waals surface area contributed by atoms with Gasteiger partial charge in [0.1, 0.15) is 5.82 Å². The molecule has 1 amide bonds. The van der Waals surface area contributed by atoms with Crippen LogP contribution >= 0.6 is 11.8 Å². The molecule has 0 radical (unpaired) electrons. The molecule has 152 valence electrons. The number of thioether (sulfide) groups is 1. The van der Waals surface area contributed by atoms with Crippen LogP contribution in [0.3, 0.4) is 0 Å². The number of benzene rings is 2. The lowest BCUT2D eigenvalue weighted by molar-refractivity contribution is -0.115. The first-order valence-electron chi connectivity index (χ1n) is 9.79. The molecule has 0 aliphatic heterocycles. The number of para-hydroxylation sites is 1. The fraction of sp³-hybridized carbons (Fsp3) is 0.238. The predicted octanol–water partition coefficient (Wildman–Crippen LogP) is 3.43. The third-order valence-electron chi connectivity index (χ3n) is 5.05. The molecule has 8 nitrogen and oxygen atoms in total. The lowest BCUT2D eigenvalue weighted by Crippen LogP contribution is -2.23. The Balaban J connectivity index is 1.36. The van der Waals surface area contributed by atoms with Crippen molar-refractivity contribution in [3.63, 3.8) is 0 Å². The SMILES string of the molecule is C[C@@H](Sc1nnc(C2CC2)n1-c1ccccc1)C(=O)Nc1ccc2[nH]c(=O)[nH]c2c1. The number of aromatic amines is 2. The second kappa shape index (κ2) is 7.49. The Bertz CT molecular complexity index is 1270. The molecule has 1 fully saturated rings. The molecule has 1 aliphatic carbocycles. The van der Waals surface area contributed by atoms with Gasteiger partial charge >= 0.3 is 5.69 Å². The molecule has 3 N–H and O–H groups in total. The van der Waals surface area contributed by atoms with Crippen molar-refractivity contribution in [3.05, 3.63) is 64.8 Å². The van der Waals surface area contributed by atoms with Crippen LogP contribution < -0.4 is 11.0 Å². The van der Waals surface area contributed by atoms with Gasteiger partial charge in [-0.25, -0.2) is 4.79 Å². The van der Waals surface area contributed by atoms with Crippen molar-refractivity contribution in [3.8, 4) is 5.69 Å². The van der Waals surface area contributed by atoms with Crippen LogP contribution in [0.4, 0.5) is 5.69 Å². The molecule has 0 saturated heterocycles. The van der Waals surface area contributed by atoms with Crippen LogP contribution in [0.1, 0.15) is 31.5 Å². The number of carbonyl (C=O) groups is 1. The molecular weight excluding hydrogens is 400 g/mol. The van der Waals surface area contributed by atoms with E-state index in [0.717, 1.165) is 24.4 Å². The van der Waals surface area contributed by atoms with E-state index in [1.165, 1.54) is 11.8 Å². The average molecular weight is 420 g/mol. The largest absolute Gasteiger partial charge is 0.325 e. The number of amides is 1. The molecule has 1 saturated carbocycles. The Hall–Kier alpha value is -3.33. The van der Waals surface area contributed by atoms with Crippen molar-refractivity contribution >= 4 is 34.4 Å². The number of anilines is 1. The van der Waals surface area contributed by atoms with Crippen LogP contribution in [0.15, 0.2) is 58.5 Å². The third-order valence-corrected chi connectivity index (χ3v) is 6.09. The van der Waals surface area contributed by atoms with E-state index in [2.05, 4.69) is 30.0 Å². The first-order valence-corrected chi connectivity index (χ1v) is 10.7. The first-order chi connectivity index (χ1) is 14.6. The number of carbonyl (C=O) groups excluding carboxylic acids is 1. The van der Waals surface area contributed by atoms with Gasteiger partial charge in [-0.3, -0.25) is 9.36 Å². The molecule has 2 heterocycles. The molecule has 0 unspecified atom stereocenters. The summed E-state index contributed by atoms with van der Waals surface area (Å²) in [5, 5.41) is 12.0. The van der Waals surface area contributed by atoms with Gasteiger partial charge in [0.15, 0.2) is 5.16 Å². The van der Waals surface area contributed by atoms with Crippen molar-refractivity contribution in [1.29, 1.82) is 0 Å². The van der Waals surface area contributed by atoms with Crippen molar-refractivity contribution < 1.29 is 4.79 Å². The van der Waals surface area contributed by atoms with E-state index >= 15 is 0 Å². The monoisotopic (exact) mass is 420 g/mol. The standard InChI is InChI=1S/C21H20N6O2S/c1-12(19(28)22-14-9-10-16-17(11-14)24-20(29)23-16)30-21-26-25-18(13-7-8-13)27(21)15-5-3-2-4-6-15/h2-6,9-13H,7-8H2,1H3,(H,22,28)(H2,23,24,29)/t12-/m1/s1. The van der Waals surface area contributed by atoms with E-state index in [9.17, 15) is 9.59 Å². The van der Waals surface area contributed by atoms with Gasteiger partial charge < -0.3 is 15.3 Å². The number of aromatic nitrogens is 5. The number of fused-ring (bicyclic) bond motifs is 1. The number of hydrogen-bond acceptors (Lipinski definition) is 5. The van der Waals surface area contributed by atoms with Crippen LogP contribution in [0.2, 0.25) is 0 Å². The zero-order chi connectivity index (χ0) is 20.7. The minimum Gasteiger partial charge on any atom is -0.325 e. The van der Waals surface area contributed by atoms with Crippen LogP contribution in [0.5, 0.6) is 0 Å². The van der Waals surface area contributed by atoms with Crippen molar-refractivity contribution in [2.75, 3.05) is 5.32 Å². The van der Waals surface area contributed by atoms with E-state index in [-0.39, 0.29) is 16.8 Å². The lowest BCUT2D eigenvalue weighted by atomic mass is 10.2. The van der Waals surface area contributed by atoms with Crippen molar-refractivity contribution in [1.82, 2.24) is 24.7 Å². The molecule has 9 heteroatoms. The Labute approximate surface area is 176 Å². The van der Waals surface area contributed by atoms with Crippen molar-refractivity contribution in [2.24, 2.45) is 0 Å². The van der Waals surface area contributed by atoms with Gasteiger partial charge in [0.25, 0.3) is 0 Å². The maximum absolute atomic E-state index is 12.8. The highest BCUT2D eigenvalue weighted by Crippen LogP contribution is 2.41. The quantitative estimate of drug-likeness (QED) is 0.414. The summed E-state index contributed by atoms with van der Waals surface area (Å²) in [6.07, 6.45) is 2.24. The molecule has 30 heavy (non-hydrogen) atoms. The minimum atomic E-state index is -0.385. The number of imidazole rings is 1. The van der Waals surface area contributed by atoms with E-state index < -0.39 is 0 Å². The zero-order valence-corrected chi connectivity index (χ0v) is 17.1. The molecule has 1 atom stereocenters. The van der Waals surface area contributed by atoms with Crippen molar-refractivity contribution in [2.45, 2.75) is 36.1 Å². The Morgan fingerprint density at radius 3 is 2.67 bits per heavy atom. The van der Waals surface area contributed by atoms with Gasteiger partial charge in [-0.15, -0.1) is 10.2 Å². The van der Waals surface area contributed by atoms with E-state index in [0.29, 0.717) is 27.8 Å². The summed E-state index contributed by atoms with van der Waals surface area (Å²) in [6, 6.07) is 15.2. The number of H-pyrrole nitrogens is 2. The average Bonchev–Trinajstić information content (AvgIpc) is 3.40. The molecule has 1 aliphatic rings. The minimum absolute atomic E-state index is 0.146. The number of rotatable bonds is 6. The number of nitrogens with zero attached hydrogens (tertiary/aromatic N) is 3. The second-order valence-corrected chi connectivity index (χ2v) is 8.68. The third kappa shape index (κ3) is 3.63. The molecular formula is C21H20N6O2S. The topological polar surface area (TPSA) is 108 Å². The lowest BCUT2D eigenvalue weighted by Gasteiger charge is -2.14. The molecule has 0 bridgehead atoms. The maximum Gasteiger partial charge on any atom is 0.323 e. The molecule has 0 spiro atoms. The predicted molar refractivity (Wildman–Crippen MR) is 116 cm³/mol. The fourth-order valence-corrected chi connectivity index (χ4v) is 4.22. The summed E-state index contributed by atoms with van der Waals surface area (Å²) >= 11 is 1.38. The van der Waals surface area contributed by atoms with Crippen LogP contribution in [-0.2, 0) is 4.79 Å². The Kier molecular flexibility index (Phi) is 4.66. The van der Waals surface area contributed by atoms with E-state index in [1.807, 2.05) is 37.3 Å². The van der Waals surface area contributed by atoms with Gasteiger partial charge in [0, 0.05) is 17.3 Å². The zero-order valence-electron chi connectivity index (χ0n) is 16.3. The van der Waals surface area contributed by atoms with Gasteiger partial charge in [0.2, 0.25) is 5.91 Å². The summed E-state index contributed by atoms with van der Waals surface area (Å²) in [7, 11) is 0. The number of hydrogen-bond donors (Lipinski definition) is 3. The normalized spacial score (nSPS) is 14.7. The number of nitrogens with one attached hydrogen (secondary N) is 3. The smallest absolute Gasteiger partial charge is 0.323 e. The molecule has 2 aromatic carbocycles. The summed E-state index contributed by atoms with van der Waals surface area (Å²) < 4.78 is 2.06. The van der Waals surface area contributed by atoms with E-state index in [1.54, 1.807) is 18.2 Å². The van der Waals surface area contributed by atoms with Gasteiger partial charge in [0.05, 0.1) is 16.3 Å². The summed E-state index contributed by atoms with van der Waals surface area (Å²) in [6.45, 7) is 1.84. The molecule has 4 aromatic rings.